The van der Waals surface area contributed by atoms with Crippen LogP contribution in [0.2, 0.25) is 0 Å². The van der Waals surface area contributed by atoms with Gasteiger partial charge >= 0.3 is 0 Å². The molecule has 1 atom stereocenters. The van der Waals surface area contributed by atoms with Crippen molar-refractivity contribution < 1.29 is 4.39 Å². The van der Waals surface area contributed by atoms with Crippen molar-refractivity contribution in [2.75, 3.05) is 0 Å². The molecule has 18 heavy (non-hydrogen) atoms. The quantitative estimate of drug-likeness (QED) is 0.671. The van der Waals surface area contributed by atoms with Gasteiger partial charge in [-0.25, -0.2) is 4.39 Å². The van der Waals surface area contributed by atoms with E-state index in [4.69, 9.17) is 5.84 Å². The Hall–Kier alpha value is -1.24. The van der Waals surface area contributed by atoms with Crippen LogP contribution in [0, 0.1) is 5.82 Å². The molecule has 96 valence electrons. The first-order valence-corrected chi connectivity index (χ1v) is 6.29. The Bertz CT molecular complexity index is 541. The van der Waals surface area contributed by atoms with E-state index in [1.165, 1.54) is 6.07 Å². The number of hydrogen-bond donors (Lipinski definition) is 2. The number of benzene rings is 1. The van der Waals surface area contributed by atoms with Crippen LogP contribution in [-0.4, -0.2) is 9.78 Å². The first-order valence-electron chi connectivity index (χ1n) is 5.49. The maximum Gasteiger partial charge on any atom is 0.137 e. The fraction of sp³-hybridized carbons (Fsp3) is 0.250. The fourth-order valence-corrected chi connectivity index (χ4v) is 2.20. The smallest absolute Gasteiger partial charge is 0.137 e. The molecule has 1 aromatic heterocycles. The van der Waals surface area contributed by atoms with Crippen LogP contribution >= 0.6 is 15.9 Å². The first kappa shape index (κ1) is 13.2. The number of aryl methyl sites for hydroxylation is 1. The molecule has 1 heterocycles. The van der Waals surface area contributed by atoms with Crippen molar-refractivity contribution in [3.05, 3.63) is 52.0 Å². The SMILES string of the molecule is Cn1ccc(C(Cc2ccc(F)c(Br)c2)NN)n1. The van der Waals surface area contributed by atoms with Crippen LogP contribution in [0.1, 0.15) is 17.3 Å². The molecular formula is C12H14BrFN4. The Morgan fingerprint density at radius 3 is 2.83 bits per heavy atom. The summed E-state index contributed by atoms with van der Waals surface area (Å²) >= 11 is 3.17. The van der Waals surface area contributed by atoms with Crippen LogP contribution in [0.3, 0.4) is 0 Å². The maximum atomic E-state index is 13.1. The van der Waals surface area contributed by atoms with Crippen LogP contribution in [0.25, 0.3) is 0 Å². The van der Waals surface area contributed by atoms with Gasteiger partial charge in [0, 0.05) is 13.2 Å². The third-order valence-electron chi connectivity index (χ3n) is 2.72. The van der Waals surface area contributed by atoms with Gasteiger partial charge in [0.1, 0.15) is 5.82 Å². The Morgan fingerprint density at radius 2 is 2.28 bits per heavy atom. The highest BCUT2D eigenvalue weighted by Gasteiger charge is 2.14. The van der Waals surface area contributed by atoms with E-state index >= 15 is 0 Å². The molecule has 1 aromatic carbocycles. The van der Waals surface area contributed by atoms with E-state index in [-0.39, 0.29) is 11.9 Å². The highest BCUT2D eigenvalue weighted by molar-refractivity contribution is 9.10. The topological polar surface area (TPSA) is 55.9 Å². The lowest BCUT2D eigenvalue weighted by Gasteiger charge is -2.13. The van der Waals surface area contributed by atoms with Crippen LogP contribution < -0.4 is 11.3 Å². The molecule has 4 nitrogen and oxygen atoms in total. The minimum atomic E-state index is -0.270. The van der Waals surface area contributed by atoms with E-state index in [0.29, 0.717) is 10.9 Å². The molecule has 0 saturated carbocycles. The molecule has 2 aromatic rings. The number of hydrazine groups is 1. The predicted octanol–water partition coefficient (Wildman–Crippen LogP) is 2.07. The zero-order valence-electron chi connectivity index (χ0n) is 9.90. The second-order valence-electron chi connectivity index (χ2n) is 4.09. The van der Waals surface area contributed by atoms with Crippen LogP contribution in [0.5, 0.6) is 0 Å². The van der Waals surface area contributed by atoms with E-state index < -0.39 is 0 Å². The van der Waals surface area contributed by atoms with Gasteiger partial charge in [0.25, 0.3) is 0 Å². The molecule has 0 amide bonds. The third-order valence-corrected chi connectivity index (χ3v) is 3.32. The monoisotopic (exact) mass is 312 g/mol. The predicted molar refractivity (Wildman–Crippen MR) is 71.1 cm³/mol. The highest BCUT2D eigenvalue weighted by atomic mass is 79.9. The Balaban J connectivity index is 2.17. The number of aromatic nitrogens is 2. The second-order valence-corrected chi connectivity index (χ2v) is 4.94. The lowest BCUT2D eigenvalue weighted by Crippen LogP contribution is -2.30. The van der Waals surface area contributed by atoms with Crippen molar-refractivity contribution in [1.29, 1.82) is 0 Å². The molecule has 3 N–H and O–H groups in total. The van der Waals surface area contributed by atoms with E-state index in [9.17, 15) is 4.39 Å². The van der Waals surface area contributed by atoms with Gasteiger partial charge in [0.05, 0.1) is 16.2 Å². The van der Waals surface area contributed by atoms with Crippen molar-refractivity contribution in [2.24, 2.45) is 12.9 Å². The summed E-state index contributed by atoms with van der Waals surface area (Å²) in [5.41, 5.74) is 4.57. The number of hydrogen-bond acceptors (Lipinski definition) is 3. The van der Waals surface area contributed by atoms with E-state index in [2.05, 4.69) is 26.5 Å². The van der Waals surface area contributed by atoms with Gasteiger partial charge < -0.3 is 0 Å². The van der Waals surface area contributed by atoms with Crippen molar-refractivity contribution in [3.8, 4) is 0 Å². The summed E-state index contributed by atoms with van der Waals surface area (Å²) in [5.74, 6) is 5.28. The molecule has 0 aliphatic carbocycles. The second kappa shape index (κ2) is 5.60. The number of nitrogens with one attached hydrogen (secondary N) is 1. The minimum Gasteiger partial charge on any atom is -0.275 e. The van der Waals surface area contributed by atoms with E-state index in [1.807, 2.05) is 19.3 Å². The zero-order chi connectivity index (χ0) is 13.1. The molecule has 0 bridgehead atoms. The summed E-state index contributed by atoms with van der Waals surface area (Å²) in [6, 6.07) is 6.74. The van der Waals surface area contributed by atoms with Gasteiger partial charge in [0.2, 0.25) is 0 Å². The molecule has 0 radical (unpaired) electrons. The number of nitrogens with zero attached hydrogens (tertiary/aromatic N) is 2. The number of halogens is 2. The average Bonchev–Trinajstić information content (AvgIpc) is 2.77. The summed E-state index contributed by atoms with van der Waals surface area (Å²) in [5, 5.41) is 4.31. The molecule has 2 rings (SSSR count). The summed E-state index contributed by atoms with van der Waals surface area (Å²) in [6.45, 7) is 0. The minimum absolute atomic E-state index is 0.0939. The van der Waals surface area contributed by atoms with Gasteiger partial charge in [-0.05, 0) is 46.1 Å². The van der Waals surface area contributed by atoms with Gasteiger partial charge in [-0.1, -0.05) is 6.07 Å². The summed E-state index contributed by atoms with van der Waals surface area (Å²) in [7, 11) is 1.85. The fourth-order valence-electron chi connectivity index (χ4n) is 1.77. The van der Waals surface area contributed by atoms with Crippen molar-refractivity contribution in [1.82, 2.24) is 15.2 Å². The lowest BCUT2D eigenvalue weighted by molar-refractivity contribution is 0.528. The van der Waals surface area contributed by atoms with E-state index in [1.54, 1.807) is 16.8 Å². The van der Waals surface area contributed by atoms with Crippen LogP contribution in [-0.2, 0) is 13.5 Å². The van der Waals surface area contributed by atoms with Gasteiger partial charge in [0.15, 0.2) is 0 Å². The molecule has 6 heteroatoms. The van der Waals surface area contributed by atoms with Crippen LogP contribution in [0.15, 0.2) is 34.9 Å². The third kappa shape index (κ3) is 2.95. The highest BCUT2D eigenvalue weighted by Crippen LogP contribution is 2.21. The summed E-state index contributed by atoms with van der Waals surface area (Å²) in [6.07, 6.45) is 2.51. The average molecular weight is 313 g/mol. The molecule has 0 saturated heterocycles. The summed E-state index contributed by atoms with van der Waals surface area (Å²) < 4.78 is 15.3. The molecule has 1 unspecified atom stereocenters. The lowest BCUT2D eigenvalue weighted by atomic mass is 10.0. The number of rotatable bonds is 4. The Labute approximate surface area is 113 Å². The van der Waals surface area contributed by atoms with Crippen molar-refractivity contribution in [3.63, 3.8) is 0 Å². The number of nitrogens with two attached hydrogens (primary N) is 1. The molecule has 0 aliphatic heterocycles. The van der Waals surface area contributed by atoms with Crippen molar-refractivity contribution >= 4 is 15.9 Å². The molecular weight excluding hydrogens is 299 g/mol. The molecule has 0 spiro atoms. The zero-order valence-corrected chi connectivity index (χ0v) is 11.5. The maximum absolute atomic E-state index is 13.1. The normalized spacial score (nSPS) is 12.7. The Morgan fingerprint density at radius 1 is 1.50 bits per heavy atom. The van der Waals surface area contributed by atoms with E-state index in [0.717, 1.165) is 11.3 Å². The van der Waals surface area contributed by atoms with Gasteiger partial charge in [-0.3, -0.25) is 16.0 Å². The molecule has 0 fully saturated rings. The molecule has 0 aliphatic rings. The standard InChI is InChI=1S/C12H14BrFN4/c1-18-5-4-11(17-18)12(16-15)7-8-2-3-10(14)9(13)6-8/h2-6,12,16H,7,15H2,1H3. The largest absolute Gasteiger partial charge is 0.275 e. The van der Waals surface area contributed by atoms with Crippen LogP contribution in [0.4, 0.5) is 4.39 Å². The van der Waals surface area contributed by atoms with Crippen molar-refractivity contribution in [2.45, 2.75) is 12.5 Å². The summed E-state index contributed by atoms with van der Waals surface area (Å²) in [4.78, 5) is 0. The Kier molecular flexibility index (Phi) is 4.11. The first-order chi connectivity index (χ1) is 8.60. The van der Waals surface area contributed by atoms with Gasteiger partial charge in [-0.15, -0.1) is 0 Å². The van der Waals surface area contributed by atoms with Gasteiger partial charge in [-0.2, -0.15) is 5.10 Å².